The van der Waals surface area contributed by atoms with E-state index in [-0.39, 0.29) is 12.0 Å². The molecule has 0 aromatic carbocycles. The number of hydrogen-bond donors (Lipinski definition) is 2. The van der Waals surface area contributed by atoms with Crippen LogP contribution in [0, 0.1) is 5.92 Å². The lowest BCUT2D eigenvalue weighted by Crippen LogP contribution is -2.30. The Kier molecular flexibility index (Phi) is 2.18. The van der Waals surface area contributed by atoms with Crippen molar-refractivity contribution in [3.8, 4) is 0 Å². The fourth-order valence-corrected chi connectivity index (χ4v) is 1.68. The van der Waals surface area contributed by atoms with E-state index in [0.717, 1.165) is 13.0 Å². The molecule has 0 spiro atoms. The van der Waals surface area contributed by atoms with Crippen molar-refractivity contribution in [1.82, 2.24) is 15.5 Å². The van der Waals surface area contributed by atoms with E-state index in [2.05, 4.69) is 22.4 Å². The highest BCUT2D eigenvalue weighted by Crippen LogP contribution is 2.25. The molecule has 1 aromatic heterocycles. The first kappa shape index (κ1) is 8.50. The minimum atomic E-state index is 0.188. The number of aromatic nitrogens is 2. The predicted molar refractivity (Wildman–Crippen MR) is 47.9 cm³/mol. The largest absolute Gasteiger partial charge is 0.365 e. The summed E-state index contributed by atoms with van der Waals surface area (Å²) >= 11 is 0. The molecule has 72 valence electrons. The van der Waals surface area contributed by atoms with E-state index in [1.807, 2.05) is 0 Å². The molecule has 1 aliphatic heterocycles. The molecule has 13 heavy (non-hydrogen) atoms. The van der Waals surface area contributed by atoms with Crippen LogP contribution in [0.5, 0.6) is 0 Å². The van der Waals surface area contributed by atoms with Crippen LogP contribution in [0.3, 0.4) is 0 Å². The summed E-state index contributed by atoms with van der Waals surface area (Å²) in [5.41, 5.74) is 5.38. The Labute approximate surface area is 76.7 Å². The molecule has 0 bridgehead atoms. The van der Waals surface area contributed by atoms with Crippen LogP contribution >= 0.6 is 0 Å². The van der Waals surface area contributed by atoms with Gasteiger partial charge in [0.1, 0.15) is 0 Å². The van der Waals surface area contributed by atoms with Gasteiger partial charge in [-0.25, -0.2) is 0 Å². The average Bonchev–Trinajstić information content (AvgIpc) is 2.52. The fraction of sp³-hybridized carbons (Fsp3) is 0.750. The van der Waals surface area contributed by atoms with Gasteiger partial charge in [-0.3, -0.25) is 0 Å². The SMILES string of the molecule is CC1CCNC(c2nc(N)no2)C1. The molecule has 2 unspecified atom stereocenters. The van der Waals surface area contributed by atoms with E-state index in [0.29, 0.717) is 11.8 Å². The normalized spacial score (nSPS) is 29.0. The zero-order valence-electron chi connectivity index (χ0n) is 7.66. The third kappa shape index (κ3) is 1.80. The number of nitrogens with two attached hydrogens (primary N) is 1. The topological polar surface area (TPSA) is 77.0 Å². The van der Waals surface area contributed by atoms with Crippen LogP contribution in [-0.2, 0) is 0 Å². The number of nitrogens with one attached hydrogen (secondary N) is 1. The van der Waals surface area contributed by atoms with Crippen molar-refractivity contribution in [3.63, 3.8) is 0 Å². The lowest BCUT2D eigenvalue weighted by atomic mass is 9.94. The lowest BCUT2D eigenvalue weighted by molar-refractivity contribution is 0.260. The maximum atomic E-state index is 5.38. The summed E-state index contributed by atoms with van der Waals surface area (Å²) in [5, 5.41) is 6.90. The monoisotopic (exact) mass is 182 g/mol. The van der Waals surface area contributed by atoms with Crippen molar-refractivity contribution in [2.45, 2.75) is 25.8 Å². The van der Waals surface area contributed by atoms with E-state index in [4.69, 9.17) is 10.3 Å². The molecule has 5 nitrogen and oxygen atoms in total. The highest BCUT2D eigenvalue weighted by molar-refractivity contribution is 5.12. The summed E-state index contributed by atoms with van der Waals surface area (Å²) in [7, 11) is 0. The predicted octanol–water partition coefficient (Wildman–Crippen LogP) is 0.712. The third-order valence-electron chi connectivity index (χ3n) is 2.42. The third-order valence-corrected chi connectivity index (χ3v) is 2.42. The van der Waals surface area contributed by atoms with Crippen LogP contribution in [0.15, 0.2) is 4.52 Å². The molecule has 2 rings (SSSR count). The summed E-state index contributed by atoms with van der Waals surface area (Å²) in [6.07, 6.45) is 2.25. The second kappa shape index (κ2) is 3.33. The van der Waals surface area contributed by atoms with E-state index < -0.39 is 0 Å². The number of nitrogens with zero attached hydrogens (tertiary/aromatic N) is 2. The summed E-state index contributed by atoms with van der Waals surface area (Å²) in [6.45, 7) is 3.24. The molecule has 2 heterocycles. The first-order valence-electron chi connectivity index (χ1n) is 4.58. The number of rotatable bonds is 1. The van der Waals surface area contributed by atoms with Gasteiger partial charge in [-0.1, -0.05) is 6.92 Å². The Balaban J connectivity index is 2.08. The van der Waals surface area contributed by atoms with Crippen LogP contribution < -0.4 is 11.1 Å². The lowest BCUT2D eigenvalue weighted by Gasteiger charge is -2.25. The summed E-state index contributed by atoms with van der Waals surface area (Å²) < 4.78 is 5.00. The van der Waals surface area contributed by atoms with Crippen LogP contribution in [0.4, 0.5) is 5.95 Å². The smallest absolute Gasteiger partial charge is 0.260 e. The summed E-state index contributed by atoms with van der Waals surface area (Å²) in [5.74, 6) is 1.54. The van der Waals surface area contributed by atoms with Crippen molar-refractivity contribution in [2.24, 2.45) is 5.92 Å². The van der Waals surface area contributed by atoms with E-state index in [1.165, 1.54) is 6.42 Å². The van der Waals surface area contributed by atoms with Gasteiger partial charge in [-0.05, 0) is 30.5 Å². The van der Waals surface area contributed by atoms with Gasteiger partial charge >= 0.3 is 0 Å². The molecule has 1 aliphatic rings. The summed E-state index contributed by atoms with van der Waals surface area (Å²) in [6, 6.07) is 0.188. The van der Waals surface area contributed by atoms with Crippen LogP contribution in [0.25, 0.3) is 0 Å². The molecular weight excluding hydrogens is 168 g/mol. The molecule has 0 radical (unpaired) electrons. The van der Waals surface area contributed by atoms with Crippen molar-refractivity contribution in [2.75, 3.05) is 12.3 Å². The zero-order chi connectivity index (χ0) is 9.26. The van der Waals surface area contributed by atoms with Crippen molar-refractivity contribution < 1.29 is 4.52 Å². The highest BCUT2D eigenvalue weighted by Gasteiger charge is 2.24. The molecule has 0 aliphatic carbocycles. The molecule has 1 aromatic rings. The summed E-state index contributed by atoms with van der Waals surface area (Å²) in [4.78, 5) is 4.01. The molecule has 1 saturated heterocycles. The first-order chi connectivity index (χ1) is 6.25. The van der Waals surface area contributed by atoms with Gasteiger partial charge in [-0.15, -0.1) is 0 Å². The van der Waals surface area contributed by atoms with Crippen LogP contribution in [0.2, 0.25) is 0 Å². The standard InChI is InChI=1S/C8H14N4O/c1-5-2-3-10-6(4-5)7-11-8(9)12-13-7/h5-6,10H,2-4H2,1H3,(H2,9,12). The number of anilines is 1. The maximum absolute atomic E-state index is 5.38. The number of hydrogen-bond acceptors (Lipinski definition) is 5. The molecule has 1 fully saturated rings. The Bertz CT molecular complexity index is 285. The van der Waals surface area contributed by atoms with Crippen molar-refractivity contribution >= 4 is 5.95 Å². The first-order valence-corrected chi connectivity index (χ1v) is 4.58. The molecule has 3 N–H and O–H groups in total. The quantitative estimate of drug-likeness (QED) is 0.669. The van der Waals surface area contributed by atoms with Gasteiger partial charge in [0, 0.05) is 0 Å². The number of nitrogen functional groups attached to an aromatic ring is 1. The van der Waals surface area contributed by atoms with Gasteiger partial charge < -0.3 is 15.6 Å². The molecule has 2 atom stereocenters. The van der Waals surface area contributed by atoms with Gasteiger partial charge in [0.25, 0.3) is 5.95 Å². The molecule has 0 saturated carbocycles. The van der Waals surface area contributed by atoms with E-state index in [9.17, 15) is 0 Å². The second-order valence-corrected chi connectivity index (χ2v) is 3.63. The second-order valence-electron chi connectivity index (χ2n) is 3.63. The Morgan fingerprint density at radius 2 is 2.46 bits per heavy atom. The Hall–Kier alpha value is -1.10. The van der Waals surface area contributed by atoms with Crippen LogP contribution in [-0.4, -0.2) is 16.7 Å². The minimum absolute atomic E-state index is 0.188. The van der Waals surface area contributed by atoms with E-state index in [1.54, 1.807) is 0 Å². The van der Waals surface area contributed by atoms with Gasteiger partial charge in [-0.2, -0.15) is 4.98 Å². The van der Waals surface area contributed by atoms with E-state index >= 15 is 0 Å². The highest BCUT2D eigenvalue weighted by atomic mass is 16.5. The Morgan fingerprint density at radius 1 is 1.62 bits per heavy atom. The Morgan fingerprint density at radius 3 is 3.08 bits per heavy atom. The zero-order valence-corrected chi connectivity index (χ0v) is 7.66. The van der Waals surface area contributed by atoms with Crippen molar-refractivity contribution in [3.05, 3.63) is 5.89 Å². The number of piperidine rings is 1. The van der Waals surface area contributed by atoms with Gasteiger partial charge in [0.2, 0.25) is 5.89 Å². The fourth-order valence-electron chi connectivity index (χ4n) is 1.68. The minimum Gasteiger partial charge on any atom is -0.365 e. The maximum Gasteiger partial charge on any atom is 0.260 e. The average molecular weight is 182 g/mol. The van der Waals surface area contributed by atoms with Gasteiger partial charge in [0.05, 0.1) is 6.04 Å². The van der Waals surface area contributed by atoms with Crippen molar-refractivity contribution in [1.29, 1.82) is 0 Å². The van der Waals surface area contributed by atoms with Crippen LogP contribution in [0.1, 0.15) is 31.7 Å². The molecular formula is C8H14N4O. The molecule has 5 heteroatoms. The molecule has 0 amide bonds. The van der Waals surface area contributed by atoms with Gasteiger partial charge in [0.15, 0.2) is 0 Å².